The summed E-state index contributed by atoms with van der Waals surface area (Å²) in [5, 5.41) is 2.75. The summed E-state index contributed by atoms with van der Waals surface area (Å²) in [7, 11) is 4.48. The van der Waals surface area contributed by atoms with Gasteiger partial charge in [-0.3, -0.25) is 14.2 Å². The van der Waals surface area contributed by atoms with Crippen molar-refractivity contribution in [3.8, 4) is 17.2 Å². The van der Waals surface area contributed by atoms with Gasteiger partial charge in [-0.15, -0.1) is 0 Å². The molecule has 0 unspecified atom stereocenters. The second-order valence-corrected chi connectivity index (χ2v) is 5.63. The summed E-state index contributed by atoms with van der Waals surface area (Å²) < 4.78 is 17.2. The molecule has 3 rings (SSSR count). The van der Waals surface area contributed by atoms with Gasteiger partial charge >= 0.3 is 0 Å². The summed E-state index contributed by atoms with van der Waals surface area (Å²) in [6.45, 7) is -0.154. The number of methoxy groups -OCH3 is 3. The van der Waals surface area contributed by atoms with Crippen LogP contribution < -0.4 is 25.1 Å². The van der Waals surface area contributed by atoms with E-state index in [0.717, 1.165) is 0 Å². The lowest BCUT2D eigenvalue weighted by atomic mass is 10.2. The highest BCUT2D eigenvalue weighted by Gasteiger charge is 2.15. The van der Waals surface area contributed by atoms with E-state index in [1.807, 2.05) is 6.07 Å². The standard InChI is InChI=1S/C19H19N3O5/c1-25-15-8-12(9-16(26-2)19(15)27-3)21-17(23)11-22-14-7-5-4-6-13(14)20-10-18(22)24/h4-10H,11H2,1-3H3,(H,21,23). The molecule has 1 heterocycles. The zero-order valence-electron chi connectivity index (χ0n) is 15.2. The van der Waals surface area contributed by atoms with E-state index in [0.29, 0.717) is 34.0 Å². The van der Waals surface area contributed by atoms with Crippen molar-refractivity contribution in [2.75, 3.05) is 26.6 Å². The first kappa shape index (κ1) is 18.2. The summed E-state index contributed by atoms with van der Waals surface area (Å²) in [5.41, 5.74) is 1.33. The number of carbonyl (C=O) groups is 1. The second-order valence-electron chi connectivity index (χ2n) is 5.63. The van der Waals surface area contributed by atoms with Crippen LogP contribution in [-0.4, -0.2) is 36.8 Å². The Morgan fingerprint density at radius 2 is 1.74 bits per heavy atom. The second kappa shape index (κ2) is 7.77. The van der Waals surface area contributed by atoms with E-state index in [-0.39, 0.29) is 18.0 Å². The van der Waals surface area contributed by atoms with Crippen LogP contribution in [0.15, 0.2) is 47.4 Å². The molecule has 2 aromatic carbocycles. The van der Waals surface area contributed by atoms with E-state index in [1.54, 1.807) is 30.3 Å². The average Bonchev–Trinajstić information content (AvgIpc) is 2.69. The highest BCUT2D eigenvalue weighted by Crippen LogP contribution is 2.39. The number of carbonyl (C=O) groups excluding carboxylic acids is 1. The van der Waals surface area contributed by atoms with Crippen molar-refractivity contribution in [2.45, 2.75) is 6.54 Å². The molecule has 27 heavy (non-hydrogen) atoms. The predicted molar refractivity (Wildman–Crippen MR) is 101 cm³/mol. The molecule has 0 radical (unpaired) electrons. The van der Waals surface area contributed by atoms with Crippen molar-refractivity contribution in [1.29, 1.82) is 0 Å². The first-order chi connectivity index (χ1) is 13.1. The Kier molecular flexibility index (Phi) is 5.25. The molecule has 0 aliphatic heterocycles. The molecule has 8 heteroatoms. The van der Waals surface area contributed by atoms with Crippen molar-refractivity contribution in [3.05, 3.63) is 52.9 Å². The Hall–Kier alpha value is -3.55. The van der Waals surface area contributed by atoms with Gasteiger partial charge in [0.25, 0.3) is 5.56 Å². The van der Waals surface area contributed by atoms with E-state index in [2.05, 4.69) is 10.3 Å². The molecule has 1 N–H and O–H groups in total. The molecule has 0 fully saturated rings. The predicted octanol–water partition coefficient (Wildman–Crippen LogP) is 2.06. The zero-order chi connectivity index (χ0) is 19.4. The van der Waals surface area contributed by atoms with Crippen LogP contribution in [-0.2, 0) is 11.3 Å². The number of nitrogens with one attached hydrogen (secondary N) is 1. The summed E-state index contributed by atoms with van der Waals surface area (Å²) in [6.07, 6.45) is 1.20. The van der Waals surface area contributed by atoms with Crippen LogP contribution in [0, 0.1) is 0 Å². The number of para-hydroxylation sites is 2. The van der Waals surface area contributed by atoms with E-state index in [9.17, 15) is 9.59 Å². The highest BCUT2D eigenvalue weighted by molar-refractivity contribution is 5.92. The third-order valence-corrected chi connectivity index (χ3v) is 4.00. The van der Waals surface area contributed by atoms with Crippen LogP contribution in [0.4, 0.5) is 5.69 Å². The van der Waals surface area contributed by atoms with E-state index >= 15 is 0 Å². The molecular formula is C19H19N3O5. The van der Waals surface area contributed by atoms with Gasteiger partial charge in [-0.2, -0.15) is 0 Å². The minimum absolute atomic E-state index is 0.154. The number of anilines is 1. The average molecular weight is 369 g/mol. The lowest BCUT2D eigenvalue weighted by Crippen LogP contribution is -2.28. The molecule has 0 aliphatic rings. The van der Waals surface area contributed by atoms with Gasteiger partial charge in [0.1, 0.15) is 6.54 Å². The van der Waals surface area contributed by atoms with Gasteiger partial charge in [-0.05, 0) is 12.1 Å². The van der Waals surface area contributed by atoms with Gasteiger partial charge in [-0.25, -0.2) is 4.98 Å². The topological polar surface area (TPSA) is 91.7 Å². The number of ether oxygens (including phenoxy) is 3. The smallest absolute Gasteiger partial charge is 0.269 e. The van der Waals surface area contributed by atoms with E-state index in [1.165, 1.54) is 32.1 Å². The zero-order valence-corrected chi connectivity index (χ0v) is 15.2. The van der Waals surface area contributed by atoms with Crippen molar-refractivity contribution in [3.63, 3.8) is 0 Å². The van der Waals surface area contributed by atoms with Crippen LogP contribution in [0.3, 0.4) is 0 Å². The number of nitrogens with zero attached hydrogens (tertiary/aromatic N) is 2. The van der Waals surface area contributed by atoms with Crippen LogP contribution in [0.2, 0.25) is 0 Å². The summed E-state index contributed by atoms with van der Waals surface area (Å²) >= 11 is 0. The van der Waals surface area contributed by atoms with Crippen LogP contribution in [0.1, 0.15) is 0 Å². The number of hydrogen-bond donors (Lipinski definition) is 1. The van der Waals surface area contributed by atoms with Crippen LogP contribution >= 0.6 is 0 Å². The fourth-order valence-corrected chi connectivity index (χ4v) is 2.78. The van der Waals surface area contributed by atoms with Gasteiger partial charge in [0.05, 0.1) is 38.6 Å². The normalized spacial score (nSPS) is 10.5. The van der Waals surface area contributed by atoms with Crippen molar-refractivity contribution >= 4 is 22.6 Å². The van der Waals surface area contributed by atoms with Gasteiger partial charge in [0, 0.05) is 17.8 Å². The third-order valence-electron chi connectivity index (χ3n) is 4.00. The van der Waals surface area contributed by atoms with Crippen LogP contribution in [0.5, 0.6) is 17.2 Å². The van der Waals surface area contributed by atoms with Gasteiger partial charge in [0.15, 0.2) is 11.5 Å². The maximum absolute atomic E-state index is 12.5. The molecule has 3 aromatic rings. The lowest BCUT2D eigenvalue weighted by Gasteiger charge is -2.15. The Morgan fingerprint density at radius 3 is 2.37 bits per heavy atom. The van der Waals surface area contributed by atoms with Crippen molar-refractivity contribution < 1.29 is 19.0 Å². The molecule has 0 atom stereocenters. The maximum atomic E-state index is 12.5. The minimum Gasteiger partial charge on any atom is -0.493 e. The van der Waals surface area contributed by atoms with E-state index in [4.69, 9.17) is 14.2 Å². The number of hydrogen-bond acceptors (Lipinski definition) is 6. The molecule has 8 nitrogen and oxygen atoms in total. The number of rotatable bonds is 6. The molecular weight excluding hydrogens is 350 g/mol. The molecule has 140 valence electrons. The Labute approximate surface area is 155 Å². The Bertz CT molecular complexity index is 1020. The lowest BCUT2D eigenvalue weighted by molar-refractivity contribution is -0.116. The molecule has 0 spiro atoms. The first-order valence-electron chi connectivity index (χ1n) is 8.11. The van der Waals surface area contributed by atoms with Gasteiger partial charge < -0.3 is 19.5 Å². The molecule has 1 aromatic heterocycles. The molecule has 0 saturated carbocycles. The summed E-state index contributed by atoms with van der Waals surface area (Å²) in [5.74, 6) is 0.884. The van der Waals surface area contributed by atoms with E-state index < -0.39 is 0 Å². The number of fused-ring (bicyclic) bond motifs is 1. The molecule has 0 bridgehead atoms. The summed E-state index contributed by atoms with van der Waals surface area (Å²) in [4.78, 5) is 28.8. The maximum Gasteiger partial charge on any atom is 0.269 e. The minimum atomic E-state index is -0.372. The quantitative estimate of drug-likeness (QED) is 0.715. The fraction of sp³-hybridized carbons (Fsp3) is 0.211. The number of amides is 1. The first-order valence-corrected chi connectivity index (χ1v) is 8.11. The number of aromatic nitrogens is 2. The highest BCUT2D eigenvalue weighted by atomic mass is 16.5. The monoisotopic (exact) mass is 369 g/mol. The van der Waals surface area contributed by atoms with Gasteiger partial charge in [0.2, 0.25) is 11.7 Å². The number of benzene rings is 2. The van der Waals surface area contributed by atoms with Crippen LogP contribution in [0.25, 0.3) is 11.0 Å². The Balaban J connectivity index is 1.89. The third kappa shape index (κ3) is 3.69. The van der Waals surface area contributed by atoms with Crippen molar-refractivity contribution in [2.24, 2.45) is 0 Å². The SMILES string of the molecule is COc1cc(NC(=O)Cn2c(=O)cnc3ccccc32)cc(OC)c1OC. The molecule has 0 aliphatic carbocycles. The fourth-order valence-electron chi connectivity index (χ4n) is 2.78. The van der Waals surface area contributed by atoms with Crippen molar-refractivity contribution in [1.82, 2.24) is 9.55 Å². The Morgan fingerprint density at radius 1 is 1.07 bits per heavy atom. The molecule has 1 amide bonds. The molecule has 0 saturated heterocycles. The summed E-state index contributed by atoms with van der Waals surface area (Å²) in [6, 6.07) is 10.4. The van der Waals surface area contributed by atoms with Gasteiger partial charge in [-0.1, -0.05) is 12.1 Å². The largest absolute Gasteiger partial charge is 0.493 e.